The lowest BCUT2D eigenvalue weighted by molar-refractivity contribution is 0.122. The summed E-state index contributed by atoms with van der Waals surface area (Å²) in [5.74, 6) is 0.886. The molecule has 128 valence electrons. The highest BCUT2D eigenvalue weighted by molar-refractivity contribution is 9.10. The predicted octanol–water partition coefficient (Wildman–Crippen LogP) is 4.45. The first-order valence-electron chi connectivity index (χ1n) is 8.50. The summed E-state index contributed by atoms with van der Waals surface area (Å²) >= 11 is 3.57. The van der Waals surface area contributed by atoms with Gasteiger partial charge in [0.2, 0.25) is 0 Å². The quantitative estimate of drug-likeness (QED) is 0.705. The fourth-order valence-corrected chi connectivity index (χ4v) is 3.52. The molecular formula is C20H20BrN3O. The largest absolute Gasteiger partial charge is 0.378 e. The zero-order valence-corrected chi connectivity index (χ0v) is 15.5. The molecule has 1 aromatic heterocycles. The molecule has 1 saturated heterocycles. The molecule has 0 spiro atoms. The first kappa shape index (κ1) is 16.4. The molecular weight excluding hydrogens is 378 g/mol. The van der Waals surface area contributed by atoms with Crippen LogP contribution >= 0.6 is 15.9 Å². The Hall–Kier alpha value is -2.11. The van der Waals surface area contributed by atoms with Crippen LogP contribution in [0, 0.1) is 0 Å². The molecule has 0 aliphatic carbocycles. The molecule has 0 unspecified atom stereocenters. The zero-order chi connectivity index (χ0) is 17.1. The maximum Gasteiger partial charge on any atom is 0.126 e. The fourth-order valence-electron chi connectivity index (χ4n) is 3.05. The third-order valence-electron chi connectivity index (χ3n) is 4.46. The molecule has 5 heteroatoms. The van der Waals surface area contributed by atoms with Gasteiger partial charge in [0.05, 0.1) is 18.7 Å². The number of aromatic nitrogens is 1. The molecule has 0 radical (unpaired) electrons. The van der Waals surface area contributed by atoms with E-state index in [-0.39, 0.29) is 0 Å². The summed E-state index contributed by atoms with van der Waals surface area (Å²) < 4.78 is 6.43. The van der Waals surface area contributed by atoms with Crippen LogP contribution in [0.1, 0.15) is 5.56 Å². The van der Waals surface area contributed by atoms with Crippen LogP contribution in [-0.2, 0) is 11.3 Å². The molecule has 0 saturated carbocycles. The molecule has 4 nitrogen and oxygen atoms in total. The number of rotatable bonds is 4. The molecule has 2 aromatic carbocycles. The maximum atomic E-state index is 5.41. The number of anilines is 2. The van der Waals surface area contributed by atoms with Crippen LogP contribution in [0.5, 0.6) is 0 Å². The van der Waals surface area contributed by atoms with Crippen molar-refractivity contribution >= 4 is 38.3 Å². The van der Waals surface area contributed by atoms with Crippen molar-refractivity contribution in [2.24, 2.45) is 0 Å². The van der Waals surface area contributed by atoms with Gasteiger partial charge in [-0.1, -0.05) is 24.3 Å². The second kappa shape index (κ2) is 7.42. The number of nitrogens with one attached hydrogen (secondary N) is 1. The number of ether oxygens (including phenoxy) is 1. The first-order chi connectivity index (χ1) is 12.3. The minimum Gasteiger partial charge on any atom is -0.378 e. The highest BCUT2D eigenvalue weighted by Gasteiger charge is 2.10. The van der Waals surface area contributed by atoms with E-state index in [1.54, 1.807) is 0 Å². The van der Waals surface area contributed by atoms with Gasteiger partial charge >= 0.3 is 0 Å². The van der Waals surface area contributed by atoms with Gasteiger partial charge in [-0.05, 0) is 51.8 Å². The van der Waals surface area contributed by atoms with Gasteiger partial charge in [-0.3, -0.25) is 0 Å². The Morgan fingerprint density at radius 2 is 1.80 bits per heavy atom. The van der Waals surface area contributed by atoms with Crippen molar-refractivity contribution in [2.45, 2.75) is 6.54 Å². The molecule has 0 bridgehead atoms. The number of morpholine rings is 1. The molecule has 1 N–H and O–H groups in total. The van der Waals surface area contributed by atoms with E-state index in [1.165, 1.54) is 11.3 Å². The Morgan fingerprint density at radius 1 is 1.00 bits per heavy atom. The minimum atomic E-state index is 0.756. The van der Waals surface area contributed by atoms with Crippen LogP contribution in [0.4, 0.5) is 11.5 Å². The monoisotopic (exact) mass is 397 g/mol. The van der Waals surface area contributed by atoms with Gasteiger partial charge in [-0.15, -0.1) is 0 Å². The lowest BCUT2D eigenvalue weighted by atomic mass is 10.2. The minimum absolute atomic E-state index is 0.756. The smallest absolute Gasteiger partial charge is 0.126 e. The van der Waals surface area contributed by atoms with Crippen molar-refractivity contribution in [3.8, 4) is 0 Å². The van der Waals surface area contributed by atoms with E-state index in [9.17, 15) is 0 Å². The van der Waals surface area contributed by atoms with E-state index in [1.807, 2.05) is 18.2 Å². The van der Waals surface area contributed by atoms with Crippen molar-refractivity contribution in [2.75, 3.05) is 36.5 Å². The molecule has 0 amide bonds. The van der Waals surface area contributed by atoms with Crippen molar-refractivity contribution in [1.82, 2.24) is 4.98 Å². The summed E-state index contributed by atoms with van der Waals surface area (Å²) in [5.41, 5.74) is 3.49. The number of fused-ring (bicyclic) bond motifs is 1. The average Bonchev–Trinajstić information content (AvgIpc) is 2.68. The number of para-hydroxylation sites is 1. The number of nitrogens with zero attached hydrogens (tertiary/aromatic N) is 2. The average molecular weight is 398 g/mol. The van der Waals surface area contributed by atoms with Crippen LogP contribution < -0.4 is 10.2 Å². The first-order valence-corrected chi connectivity index (χ1v) is 9.30. The molecule has 1 fully saturated rings. The Kier molecular flexibility index (Phi) is 4.85. The van der Waals surface area contributed by atoms with Gasteiger partial charge in [0.25, 0.3) is 0 Å². The second-order valence-corrected chi connectivity index (χ2v) is 6.98. The number of hydrogen-bond acceptors (Lipinski definition) is 4. The molecule has 0 atom stereocenters. The van der Waals surface area contributed by atoms with Gasteiger partial charge in [-0.25, -0.2) is 4.98 Å². The van der Waals surface area contributed by atoms with Gasteiger partial charge in [-0.2, -0.15) is 0 Å². The summed E-state index contributed by atoms with van der Waals surface area (Å²) in [6.07, 6.45) is 0. The molecule has 1 aliphatic heterocycles. The van der Waals surface area contributed by atoms with Crippen molar-refractivity contribution in [3.05, 3.63) is 64.6 Å². The van der Waals surface area contributed by atoms with Crippen LogP contribution in [-0.4, -0.2) is 31.3 Å². The lowest BCUT2D eigenvalue weighted by Crippen LogP contribution is -2.36. The number of hydrogen-bond donors (Lipinski definition) is 1. The fraction of sp³-hybridized carbons (Fsp3) is 0.250. The number of pyridine rings is 1. The maximum absolute atomic E-state index is 5.41. The van der Waals surface area contributed by atoms with Crippen LogP contribution in [0.15, 0.2) is 59.1 Å². The Balaban J connectivity index is 1.43. The van der Waals surface area contributed by atoms with E-state index in [0.717, 1.165) is 54.0 Å². The standard InChI is InChI=1S/C20H20BrN3O/c21-18-3-1-2-16-6-9-19(23-20(16)18)22-14-15-4-7-17(8-5-15)24-10-12-25-13-11-24/h1-9H,10-14H2,(H,22,23). The van der Waals surface area contributed by atoms with E-state index < -0.39 is 0 Å². The van der Waals surface area contributed by atoms with Gasteiger partial charge in [0.1, 0.15) is 5.82 Å². The summed E-state index contributed by atoms with van der Waals surface area (Å²) in [4.78, 5) is 7.06. The third kappa shape index (κ3) is 3.78. The van der Waals surface area contributed by atoms with Crippen molar-refractivity contribution in [1.29, 1.82) is 0 Å². The summed E-state index contributed by atoms with van der Waals surface area (Å²) in [6.45, 7) is 4.31. The highest BCUT2D eigenvalue weighted by Crippen LogP contribution is 2.24. The summed E-state index contributed by atoms with van der Waals surface area (Å²) in [7, 11) is 0. The van der Waals surface area contributed by atoms with E-state index in [4.69, 9.17) is 9.72 Å². The highest BCUT2D eigenvalue weighted by atomic mass is 79.9. The van der Waals surface area contributed by atoms with Crippen LogP contribution in [0.25, 0.3) is 10.9 Å². The number of benzene rings is 2. The van der Waals surface area contributed by atoms with Crippen molar-refractivity contribution in [3.63, 3.8) is 0 Å². The van der Waals surface area contributed by atoms with Crippen molar-refractivity contribution < 1.29 is 4.74 Å². The van der Waals surface area contributed by atoms with Gasteiger partial charge in [0.15, 0.2) is 0 Å². The second-order valence-electron chi connectivity index (χ2n) is 6.13. The van der Waals surface area contributed by atoms with Crippen LogP contribution in [0.2, 0.25) is 0 Å². The molecule has 2 heterocycles. The van der Waals surface area contributed by atoms with Crippen LogP contribution in [0.3, 0.4) is 0 Å². The molecule has 3 aromatic rings. The molecule has 4 rings (SSSR count). The molecule has 25 heavy (non-hydrogen) atoms. The van der Waals surface area contributed by atoms with Gasteiger partial charge < -0.3 is 15.0 Å². The zero-order valence-electron chi connectivity index (χ0n) is 13.9. The number of halogens is 1. The Bertz CT molecular complexity index is 860. The lowest BCUT2D eigenvalue weighted by Gasteiger charge is -2.28. The normalized spacial score (nSPS) is 14.7. The van der Waals surface area contributed by atoms with Gasteiger partial charge in [0, 0.05) is 35.2 Å². The van der Waals surface area contributed by atoms with E-state index in [0.29, 0.717) is 0 Å². The predicted molar refractivity (Wildman–Crippen MR) is 106 cm³/mol. The summed E-state index contributed by atoms with van der Waals surface area (Å²) in [6, 6.07) is 19.0. The van der Waals surface area contributed by atoms with E-state index >= 15 is 0 Å². The SMILES string of the molecule is Brc1cccc2ccc(NCc3ccc(N4CCOCC4)cc3)nc12. The third-order valence-corrected chi connectivity index (χ3v) is 5.10. The van der Waals surface area contributed by atoms with E-state index in [2.05, 4.69) is 62.5 Å². The Morgan fingerprint density at radius 3 is 2.60 bits per heavy atom. The Labute approximate surface area is 155 Å². The molecule has 1 aliphatic rings. The topological polar surface area (TPSA) is 37.4 Å². The summed E-state index contributed by atoms with van der Waals surface area (Å²) in [5, 5.41) is 4.55.